The minimum absolute atomic E-state index is 0.0682. The monoisotopic (exact) mass is 411 g/mol. The van der Waals surface area contributed by atoms with E-state index in [1.807, 2.05) is 105 Å². The summed E-state index contributed by atoms with van der Waals surface area (Å²) in [4.78, 5) is 15.2. The second-order valence-electron chi connectivity index (χ2n) is 7.07. The molecule has 31 heavy (non-hydrogen) atoms. The number of carbonyl (C=O) groups excluding carboxylic acids is 1. The predicted molar refractivity (Wildman–Crippen MR) is 125 cm³/mol. The van der Waals surface area contributed by atoms with Gasteiger partial charge in [-0.3, -0.25) is 9.69 Å². The van der Waals surface area contributed by atoms with Gasteiger partial charge in [0, 0.05) is 11.6 Å². The summed E-state index contributed by atoms with van der Waals surface area (Å²) >= 11 is 0. The summed E-state index contributed by atoms with van der Waals surface area (Å²) in [5.41, 5.74) is 4.18. The fraction of sp³-hybridized carbons (Fsp3) is 0.148. The number of ether oxygens (including phenoxy) is 2. The molecule has 1 heterocycles. The van der Waals surface area contributed by atoms with E-state index in [2.05, 4.69) is 0 Å². The lowest BCUT2D eigenvalue weighted by atomic mass is 10.1. The summed E-state index contributed by atoms with van der Waals surface area (Å²) in [7, 11) is 0. The molecule has 0 aliphatic carbocycles. The summed E-state index contributed by atoms with van der Waals surface area (Å²) < 4.78 is 11.2. The fourth-order valence-corrected chi connectivity index (χ4v) is 3.58. The maximum atomic E-state index is 13.5. The molecule has 0 aromatic heterocycles. The van der Waals surface area contributed by atoms with Crippen LogP contribution in [-0.2, 0) is 4.79 Å². The first-order chi connectivity index (χ1) is 15.2. The van der Waals surface area contributed by atoms with Crippen molar-refractivity contribution in [2.45, 2.75) is 13.8 Å². The van der Waals surface area contributed by atoms with Crippen LogP contribution in [0.25, 0.3) is 11.8 Å². The lowest BCUT2D eigenvalue weighted by molar-refractivity contribution is -0.113. The van der Waals surface area contributed by atoms with Crippen molar-refractivity contribution in [3.8, 4) is 11.5 Å². The van der Waals surface area contributed by atoms with E-state index >= 15 is 0 Å². The van der Waals surface area contributed by atoms with E-state index in [-0.39, 0.29) is 5.91 Å². The Labute approximate surface area is 183 Å². The molecule has 0 saturated carbocycles. The Bertz CT molecular complexity index is 1110. The molecular formula is C27H25NO3. The topological polar surface area (TPSA) is 38.8 Å². The SMILES string of the molecule is CCOc1ccc(/C=C2\C=C(c3ccccc3)N(c3cccc(OCC)c3)C2=O)cc1. The number of amides is 1. The second kappa shape index (κ2) is 9.35. The minimum Gasteiger partial charge on any atom is -0.494 e. The maximum absolute atomic E-state index is 13.5. The third-order valence-corrected chi connectivity index (χ3v) is 4.95. The van der Waals surface area contributed by atoms with Crippen LogP contribution in [0.5, 0.6) is 11.5 Å². The second-order valence-corrected chi connectivity index (χ2v) is 7.07. The third kappa shape index (κ3) is 4.53. The van der Waals surface area contributed by atoms with Gasteiger partial charge in [-0.25, -0.2) is 0 Å². The summed E-state index contributed by atoms with van der Waals surface area (Å²) in [5, 5.41) is 0. The van der Waals surface area contributed by atoms with Crippen molar-refractivity contribution in [1.82, 2.24) is 0 Å². The van der Waals surface area contributed by atoms with Gasteiger partial charge in [0.2, 0.25) is 0 Å². The molecule has 1 amide bonds. The van der Waals surface area contributed by atoms with E-state index in [1.54, 1.807) is 4.90 Å². The van der Waals surface area contributed by atoms with E-state index in [4.69, 9.17) is 9.47 Å². The molecule has 0 bridgehead atoms. The number of carbonyl (C=O) groups is 1. The van der Waals surface area contributed by atoms with Gasteiger partial charge in [0.05, 0.1) is 24.6 Å². The molecule has 0 saturated heterocycles. The van der Waals surface area contributed by atoms with Crippen LogP contribution < -0.4 is 14.4 Å². The molecule has 3 aromatic carbocycles. The number of anilines is 1. The highest BCUT2D eigenvalue weighted by Gasteiger charge is 2.30. The van der Waals surface area contributed by atoms with Gasteiger partial charge in [0.15, 0.2) is 0 Å². The number of hydrogen-bond acceptors (Lipinski definition) is 3. The van der Waals surface area contributed by atoms with Gasteiger partial charge in [0.1, 0.15) is 11.5 Å². The predicted octanol–water partition coefficient (Wildman–Crippen LogP) is 5.96. The minimum atomic E-state index is -0.0682. The number of nitrogens with zero attached hydrogens (tertiary/aromatic N) is 1. The van der Waals surface area contributed by atoms with Crippen molar-refractivity contribution in [2.24, 2.45) is 0 Å². The molecular weight excluding hydrogens is 386 g/mol. The smallest absolute Gasteiger partial charge is 0.262 e. The zero-order chi connectivity index (χ0) is 21.6. The standard InChI is InChI=1S/C27H25NO3/c1-3-30-24-15-13-20(14-16-24)17-22-18-26(21-9-6-5-7-10-21)28(27(22)29)23-11-8-12-25(19-23)31-4-2/h5-19H,3-4H2,1-2H3/b22-17+. The Morgan fingerprint density at radius 3 is 2.23 bits per heavy atom. The average Bonchev–Trinajstić information content (AvgIpc) is 3.12. The largest absolute Gasteiger partial charge is 0.494 e. The van der Waals surface area contributed by atoms with Gasteiger partial charge in [-0.15, -0.1) is 0 Å². The molecule has 1 aliphatic heterocycles. The summed E-state index contributed by atoms with van der Waals surface area (Å²) in [5.74, 6) is 1.49. The van der Waals surface area contributed by atoms with Crippen LogP contribution in [0.4, 0.5) is 5.69 Å². The highest BCUT2D eigenvalue weighted by Crippen LogP contribution is 2.36. The molecule has 0 N–H and O–H groups in total. The van der Waals surface area contributed by atoms with Crippen LogP contribution in [-0.4, -0.2) is 19.1 Å². The van der Waals surface area contributed by atoms with Gasteiger partial charge >= 0.3 is 0 Å². The molecule has 4 rings (SSSR count). The molecule has 0 fully saturated rings. The first-order valence-corrected chi connectivity index (χ1v) is 10.5. The Hall–Kier alpha value is -3.79. The van der Waals surface area contributed by atoms with Crippen molar-refractivity contribution >= 4 is 23.4 Å². The molecule has 4 nitrogen and oxygen atoms in total. The molecule has 1 aliphatic rings. The Morgan fingerprint density at radius 2 is 1.52 bits per heavy atom. The highest BCUT2D eigenvalue weighted by molar-refractivity contribution is 6.23. The lowest BCUT2D eigenvalue weighted by Crippen LogP contribution is -2.25. The van der Waals surface area contributed by atoms with Crippen LogP contribution in [0.15, 0.2) is 90.5 Å². The summed E-state index contributed by atoms with van der Waals surface area (Å²) in [6.45, 7) is 5.10. The zero-order valence-corrected chi connectivity index (χ0v) is 17.7. The third-order valence-electron chi connectivity index (χ3n) is 4.95. The maximum Gasteiger partial charge on any atom is 0.262 e. The van der Waals surface area contributed by atoms with Gasteiger partial charge < -0.3 is 9.47 Å². The van der Waals surface area contributed by atoms with Crippen LogP contribution in [0, 0.1) is 0 Å². The van der Waals surface area contributed by atoms with E-state index in [1.165, 1.54) is 0 Å². The zero-order valence-electron chi connectivity index (χ0n) is 17.7. The molecule has 0 radical (unpaired) electrons. The lowest BCUT2D eigenvalue weighted by Gasteiger charge is -2.21. The van der Waals surface area contributed by atoms with Crippen molar-refractivity contribution < 1.29 is 14.3 Å². The van der Waals surface area contributed by atoms with Crippen LogP contribution in [0.2, 0.25) is 0 Å². The molecule has 0 atom stereocenters. The molecule has 4 heteroatoms. The van der Waals surface area contributed by atoms with Crippen molar-refractivity contribution in [2.75, 3.05) is 18.1 Å². The van der Waals surface area contributed by atoms with Crippen LogP contribution >= 0.6 is 0 Å². The van der Waals surface area contributed by atoms with E-state index in [0.29, 0.717) is 18.8 Å². The highest BCUT2D eigenvalue weighted by atomic mass is 16.5. The first kappa shape index (κ1) is 20.5. The summed E-state index contributed by atoms with van der Waals surface area (Å²) in [6.07, 6.45) is 3.86. The van der Waals surface area contributed by atoms with E-state index < -0.39 is 0 Å². The summed E-state index contributed by atoms with van der Waals surface area (Å²) in [6, 6.07) is 25.3. The van der Waals surface area contributed by atoms with Gasteiger partial charge in [-0.1, -0.05) is 48.5 Å². The normalized spacial score (nSPS) is 14.6. The number of hydrogen-bond donors (Lipinski definition) is 0. The first-order valence-electron chi connectivity index (χ1n) is 10.5. The van der Waals surface area contributed by atoms with Gasteiger partial charge in [0.25, 0.3) is 5.91 Å². The molecule has 3 aromatic rings. The fourth-order valence-electron chi connectivity index (χ4n) is 3.58. The average molecular weight is 412 g/mol. The van der Waals surface area contributed by atoms with Crippen LogP contribution in [0.1, 0.15) is 25.0 Å². The quantitative estimate of drug-likeness (QED) is 0.451. The van der Waals surface area contributed by atoms with Gasteiger partial charge in [-0.2, -0.15) is 0 Å². The van der Waals surface area contributed by atoms with E-state index in [0.717, 1.165) is 34.0 Å². The Balaban J connectivity index is 1.74. The molecule has 156 valence electrons. The van der Waals surface area contributed by atoms with Crippen molar-refractivity contribution in [1.29, 1.82) is 0 Å². The number of rotatable bonds is 7. The van der Waals surface area contributed by atoms with Crippen molar-refractivity contribution in [3.05, 3.63) is 102 Å². The number of benzene rings is 3. The van der Waals surface area contributed by atoms with Gasteiger partial charge in [-0.05, 0) is 61.4 Å². The van der Waals surface area contributed by atoms with E-state index in [9.17, 15) is 4.79 Å². The van der Waals surface area contributed by atoms with Crippen molar-refractivity contribution in [3.63, 3.8) is 0 Å². The van der Waals surface area contributed by atoms with Crippen LogP contribution in [0.3, 0.4) is 0 Å². The molecule has 0 unspecified atom stereocenters. The Kier molecular flexibility index (Phi) is 6.18. The Morgan fingerprint density at radius 1 is 0.806 bits per heavy atom. The molecule has 0 spiro atoms.